The van der Waals surface area contributed by atoms with E-state index in [9.17, 15) is 9.59 Å². The van der Waals surface area contributed by atoms with Gasteiger partial charge < -0.3 is 11.1 Å². The molecule has 0 aliphatic heterocycles. The summed E-state index contributed by atoms with van der Waals surface area (Å²) >= 11 is 0. The lowest BCUT2D eigenvalue weighted by molar-refractivity contribution is -0.132. The van der Waals surface area contributed by atoms with Crippen molar-refractivity contribution in [3.05, 3.63) is 29.8 Å². The van der Waals surface area contributed by atoms with Crippen molar-refractivity contribution >= 4 is 17.5 Å². The number of aryl methyl sites for hydroxylation is 1. The van der Waals surface area contributed by atoms with E-state index in [0.717, 1.165) is 24.9 Å². The Labute approximate surface area is 137 Å². The van der Waals surface area contributed by atoms with Crippen molar-refractivity contribution in [2.45, 2.75) is 40.0 Å². The van der Waals surface area contributed by atoms with Crippen molar-refractivity contribution in [2.24, 2.45) is 34.8 Å². The first-order valence-electron chi connectivity index (χ1n) is 8.55. The Balaban J connectivity index is 1.81. The number of anilines is 1. The van der Waals surface area contributed by atoms with Crippen LogP contribution in [0.25, 0.3) is 0 Å². The van der Waals surface area contributed by atoms with Gasteiger partial charge in [0, 0.05) is 5.69 Å². The van der Waals surface area contributed by atoms with E-state index in [1.54, 1.807) is 0 Å². The summed E-state index contributed by atoms with van der Waals surface area (Å²) in [7, 11) is 0. The largest absolute Gasteiger partial charge is 0.369 e. The molecule has 0 heterocycles. The molecule has 2 amide bonds. The SMILES string of the molecule is CCc1ccc(NC(=O)[C@H]2[C@@H](C(N)=O)[C@@H]3CC[C@H]2C3(C)C)cc1. The highest BCUT2D eigenvalue weighted by Crippen LogP contribution is 2.63. The fourth-order valence-corrected chi connectivity index (χ4v) is 4.93. The van der Waals surface area contributed by atoms with Crippen LogP contribution in [-0.2, 0) is 16.0 Å². The first kappa shape index (κ1) is 16.0. The zero-order chi connectivity index (χ0) is 16.8. The molecule has 4 heteroatoms. The average molecular weight is 314 g/mol. The number of amides is 2. The second-order valence-electron chi connectivity index (χ2n) is 7.61. The average Bonchev–Trinajstić information content (AvgIpc) is 2.93. The molecule has 0 saturated heterocycles. The highest BCUT2D eigenvalue weighted by atomic mass is 16.2. The first-order chi connectivity index (χ1) is 10.9. The van der Waals surface area contributed by atoms with E-state index in [-0.39, 0.29) is 40.9 Å². The predicted molar refractivity (Wildman–Crippen MR) is 90.6 cm³/mol. The van der Waals surface area contributed by atoms with Crippen LogP contribution in [0.2, 0.25) is 0 Å². The van der Waals surface area contributed by atoms with Gasteiger partial charge in [-0.2, -0.15) is 0 Å². The Bertz CT molecular complexity index is 621. The molecule has 0 spiro atoms. The molecule has 2 aliphatic carbocycles. The molecule has 3 rings (SSSR count). The van der Waals surface area contributed by atoms with Crippen LogP contribution >= 0.6 is 0 Å². The summed E-state index contributed by atoms with van der Waals surface area (Å²) in [6.07, 6.45) is 2.98. The van der Waals surface area contributed by atoms with Crippen LogP contribution in [0.4, 0.5) is 5.69 Å². The summed E-state index contributed by atoms with van der Waals surface area (Å²) < 4.78 is 0. The lowest BCUT2D eigenvalue weighted by atomic mass is 9.78. The van der Waals surface area contributed by atoms with E-state index in [1.807, 2.05) is 24.3 Å². The Kier molecular flexibility index (Phi) is 3.95. The summed E-state index contributed by atoms with van der Waals surface area (Å²) in [4.78, 5) is 24.8. The van der Waals surface area contributed by atoms with E-state index >= 15 is 0 Å². The molecule has 2 saturated carbocycles. The third-order valence-corrected chi connectivity index (χ3v) is 6.21. The first-order valence-corrected chi connectivity index (χ1v) is 8.55. The summed E-state index contributed by atoms with van der Waals surface area (Å²) in [6.45, 7) is 6.45. The van der Waals surface area contributed by atoms with Gasteiger partial charge in [-0.05, 0) is 54.2 Å². The monoisotopic (exact) mass is 314 g/mol. The number of carbonyl (C=O) groups is 2. The minimum atomic E-state index is -0.335. The molecule has 2 aliphatic rings. The zero-order valence-corrected chi connectivity index (χ0v) is 14.1. The van der Waals surface area contributed by atoms with Crippen molar-refractivity contribution < 1.29 is 9.59 Å². The van der Waals surface area contributed by atoms with Crippen molar-refractivity contribution in [2.75, 3.05) is 5.32 Å². The minimum Gasteiger partial charge on any atom is -0.369 e. The van der Waals surface area contributed by atoms with Gasteiger partial charge in [0.25, 0.3) is 0 Å². The second kappa shape index (κ2) is 5.66. The Morgan fingerprint density at radius 1 is 1.13 bits per heavy atom. The molecule has 2 fully saturated rings. The number of rotatable bonds is 4. The van der Waals surface area contributed by atoms with Gasteiger partial charge in [-0.25, -0.2) is 0 Å². The Morgan fingerprint density at radius 2 is 1.70 bits per heavy atom. The van der Waals surface area contributed by atoms with Crippen LogP contribution in [-0.4, -0.2) is 11.8 Å². The van der Waals surface area contributed by atoms with Gasteiger partial charge in [-0.3, -0.25) is 9.59 Å². The molecular formula is C19H26N2O2. The van der Waals surface area contributed by atoms with Crippen LogP contribution in [0.15, 0.2) is 24.3 Å². The van der Waals surface area contributed by atoms with Crippen LogP contribution in [0, 0.1) is 29.1 Å². The molecule has 1 aromatic carbocycles. The fourth-order valence-electron chi connectivity index (χ4n) is 4.93. The van der Waals surface area contributed by atoms with E-state index in [0.29, 0.717) is 0 Å². The van der Waals surface area contributed by atoms with Crippen molar-refractivity contribution in [1.82, 2.24) is 0 Å². The maximum atomic E-state index is 12.8. The van der Waals surface area contributed by atoms with Crippen LogP contribution in [0.3, 0.4) is 0 Å². The highest BCUT2D eigenvalue weighted by molar-refractivity contribution is 5.97. The highest BCUT2D eigenvalue weighted by Gasteiger charge is 2.62. The topological polar surface area (TPSA) is 72.2 Å². The smallest absolute Gasteiger partial charge is 0.228 e. The molecular weight excluding hydrogens is 288 g/mol. The third-order valence-electron chi connectivity index (χ3n) is 6.21. The van der Waals surface area contributed by atoms with E-state index < -0.39 is 0 Å². The van der Waals surface area contributed by atoms with Crippen LogP contribution < -0.4 is 11.1 Å². The molecule has 4 atom stereocenters. The lowest BCUT2D eigenvalue weighted by Crippen LogP contribution is -2.40. The molecule has 1 aromatic rings. The molecule has 0 unspecified atom stereocenters. The number of hydrogen-bond donors (Lipinski definition) is 2. The van der Waals surface area contributed by atoms with Crippen molar-refractivity contribution in [3.8, 4) is 0 Å². The number of primary amides is 1. The predicted octanol–water partition coefficient (Wildman–Crippen LogP) is 2.97. The molecule has 23 heavy (non-hydrogen) atoms. The van der Waals surface area contributed by atoms with Crippen LogP contribution in [0.1, 0.15) is 39.2 Å². The maximum Gasteiger partial charge on any atom is 0.228 e. The number of benzene rings is 1. The normalized spacial score (nSPS) is 31.1. The van der Waals surface area contributed by atoms with Gasteiger partial charge in [-0.15, -0.1) is 0 Å². The van der Waals surface area contributed by atoms with Gasteiger partial charge >= 0.3 is 0 Å². The third kappa shape index (κ3) is 2.54. The quantitative estimate of drug-likeness (QED) is 0.897. The standard InChI is InChI=1S/C19H26N2O2/c1-4-11-5-7-12(8-6-11)21-18(23)16-14-10-9-13(19(14,2)3)15(16)17(20)22/h5-8,13-16H,4,9-10H2,1-3H3,(H2,20,22)(H,21,23)/t13-,14+,15-,16+/m0/s1. The minimum absolute atomic E-state index is 0.00771. The van der Waals surface area contributed by atoms with Gasteiger partial charge in [0.15, 0.2) is 0 Å². The Hall–Kier alpha value is -1.84. The van der Waals surface area contributed by atoms with Crippen LogP contribution in [0.5, 0.6) is 0 Å². The van der Waals surface area contributed by atoms with Gasteiger partial charge in [0.05, 0.1) is 11.8 Å². The van der Waals surface area contributed by atoms with E-state index in [2.05, 4.69) is 26.1 Å². The number of nitrogens with one attached hydrogen (secondary N) is 1. The Morgan fingerprint density at radius 3 is 2.22 bits per heavy atom. The molecule has 3 N–H and O–H groups in total. The maximum absolute atomic E-state index is 12.8. The summed E-state index contributed by atoms with van der Waals surface area (Å²) in [5, 5.41) is 3.00. The number of fused-ring (bicyclic) bond motifs is 2. The van der Waals surface area contributed by atoms with Gasteiger partial charge in [0.1, 0.15) is 0 Å². The lowest BCUT2D eigenvalue weighted by Gasteiger charge is -2.27. The molecule has 124 valence electrons. The van der Waals surface area contributed by atoms with E-state index in [1.165, 1.54) is 5.56 Å². The zero-order valence-electron chi connectivity index (χ0n) is 14.1. The molecule has 4 nitrogen and oxygen atoms in total. The van der Waals surface area contributed by atoms with Gasteiger partial charge in [0.2, 0.25) is 11.8 Å². The summed E-state index contributed by atoms with van der Waals surface area (Å²) in [6, 6.07) is 7.89. The number of hydrogen-bond acceptors (Lipinski definition) is 2. The van der Waals surface area contributed by atoms with Crippen molar-refractivity contribution in [1.29, 1.82) is 0 Å². The number of carbonyl (C=O) groups excluding carboxylic acids is 2. The van der Waals surface area contributed by atoms with E-state index in [4.69, 9.17) is 5.73 Å². The molecule has 0 radical (unpaired) electrons. The summed E-state index contributed by atoms with van der Waals surface area (Å²) in [5.41, 5.74) is 7.68. The fraction of sp³-hybridized carbons (Fsp3) is 0.579. The van der Waals surface area contributed by atoms with Gasteiger partial charge in [-0.1, -0.05) is 32.9 Å². The molecule has 0 aromatic heterocycles. The summed E-state index contributed by atoms with van der Waals surface area (Å²) in [5.74, 6) is -0.557. The molecule has 2 bridgehead atoms. The second-order valence-corrected chi connectivity index (χ2v) is 7.61. The van der Waals surface area contributed by atoms with Crippen molar-refractivity contribution in [3.63, 3.8) is 0 Å². The number of nitrogens with two attached hydrogens (primary N) is 1.